The molecule has 1 unspecified atom stereocenters. The van der Waals surface area contributed by atoms with Crippen molar-refractivity contribution in [1.82, 2.24) is 10.1 Å². The third-order valence-electron chi connectivity index (χ3n) is 4.75. The predicted molar refractivity (Wildman–Crippen MR) is 93.6 cm³/mol. The van der Waals surface area contributed by atoms with Crippen molar-refractivity contribution >= 4 is 5.91 Å². The van der Waals surface area contributed by atoms with Crippen LogP contribution in [0.3, 0.4) is 0 Å². The molecular formula is C19H24N2O4. The highest BCUT2D eigenvalue weighted by molar-refractivity contribution is 5.77. The van der Waals surface area contributed by atoms with Gasteiger partial charge in [0.05, 0.1) is 6.61 Å². The minimum absolute atomic E-state index is 0.0224. The topological polar surface area (TPSA) is 75.5 Å². The Bertz CT molecular complexity index is 729. The molecule has 0 spiro atoms. The van der Waals surface area contributed by atoms with E-state index in [0.717, 1.165) is 12.8 Å². The number of carbonyl (C=O) groups excluding carboxylic acids is 1. The summed E-state index contributed by atoms with van der Waals surface area (Å²) in [5, 5.41) is 2.32. The molecule has 0 saturated carbocycles. The molecule has 6 nitrogen and oxygen atoms in total. The molecule has 0 radical (unpaired) electrons. The maximum absolute atomic E-state index is 12.3. The fourth-order valence-corrected chi connectivity index (χ4v) is 3.20. The lowest BCUT2D eigenvalue weighted by atomic mass is 9.94. The van der Waals surface area contributed by atoms with Crippen molar-refractivity contribution in [2.75, 3.05) is 26.3 Å². The van der Waals surface area contributed by atoms with Gasteiger partial charge in [-0.3, -0.25) is 9.59 Å². The average molecular weight is 344 g/mol. The maximum atomic E-state index is 12.3. The molecule has 3 rings (SSSR count). The number of nitrogens with one attached hydrogen (secondary N) is 1. The monoisotopic (exact) mass is 344 g/mol. The molecule has 1 aromatic carbocycles. The Morgan fingerprint density at radius 3 is 2.68 bits per heavy atom. The van der Waals surface area contributed by atoms with Gasteiger partial charge < -0.3 is 14.2 Å². The van der Waals surface area contributed by atoms with E-state index in [9.17, 15) is 9.59 Å². The third-order valence-corrected chi connectivity index (χ3v) is 4.75. The van der Waals surface area contributed by atoms with E-state index in [1.54, 1.807) is 0 Å². The number of hydrogen-bond acceptors (Lipinski definition) is 4. The number of hydrogen-bond donors (Lipinski definition) is 1. The average Bonchev–Trinajstić information content (AvgIpc) is 3.09. The first kappa shape index (κ1) is 17.5. The number of aromatic amines is 1. The molecule has 1 atom stereocenters. The molecule has 2 heterocycles. The molecule has 1 N–H and O–H groups in total. The number of ether oxygens (including phenoxy) is 1. The largest absolute Gasteiger partial charge is 0.383 e. The summed E-state index contributed by atoms with van der Waals surface area (Å²) in [5.74, 6) is 1.16. The van der Waals surface area contributed by atoms with Crippen molar-refractivity contribution in [2.24, 2.45) is 0 Å². The fourth-order valence-electron chi connectivity index (χ4n) is 3.20. The molecule has 1 aliphatic rings. The predicted octanol–water partition coefficient (Wildman–Crippen LogP) is 2.49. The van der Waals surface area contributed by atoms with Crippen LogP contribution >= 0.6 is 0 Å². The standard InChI is InChI=1S/C19H24N2O4/c1-14(15-5-3-2-4-6-15)12-24-13-19(23)21-9-7-16(8-10-21)17-11-18(22)20-25-17/h2-6,11,14,16H,7-10,12-13H2,1H3,(H,20,22). The van der Waals surface area contributed by atoms with Gasteiger partial charge in [-0.05, 0) is 18.4 Å². The lowest BCUT2D eigenvalue weighted by Gasteiger charge is -2.30. The lowest BCUT2D eigenvalue weighted by Crippen LogP contribution is -2.40. The molecule has 134 valence electrons. The maximum Gasteiger partial charge on any atom is 0.280 e. The number of nitrogens with zero attached hydrogens (tertiary/aromatic N) is 1. The first-order valence-corrected chi connectivity index (χ1v) is 8.72. The fraction of sp³-hybridized carbons (Fsp3) is 0.474. The highest BCUT2D eigenvalue weighted by Gasteiger charge is 2.26. The van der Waals surface area contributed by atoms with E-state index in [0.29, 0.717) is 25.5 Å². The first-order chi connectivity index (χ1) is 12.1. The van der Waals surface area contributed by atoms with Crippen molar-refractivity contribution in [2.45, 2.75) is 31.6 Å². The summed E-state index contributed by atoms with van der Waals surface area (Å²) < 4.78 is 10.8. The number of piperidine rings is 1. The van der Waals surface area contributed by atoms with E-state index in [2.05, 4.69) is 24.2 Å². The highest BCUT2D eigenvalue weighted by Crippen LogP contribution is 2.27. The molecule has 1 aromatic heterocycles. The van der Waals surface area contributed by atoms with E-state index in [1.165, 1.54) is 11.6 Å². The van der Waals surface area contributed by atoms with Crippen LogP contribution in [0.5, 0.6) is 0 Å². The van der Waals surface area contributed by atoms with E-state index in [4.69, 9.17) is 9.26 Å². The van der Waals surface area contributed by atoms with Crippen LogP contribution in [0.1, 0.15) is 42.9 Å². The Balaban J connectivity index is 1.40. The second-order valence-corrected chi connectivity index (χ2v) is 6.60. The zero-order valence-electron chi connectivity index (χ0n) is 14.4. The van der Waals surface area contributed by atoms with Gasteiger partial charge in [0.1, 0.15) is 12.4 Å². The molecule has 2 aromatic rings. The number of H-pyrrole nitrogens is 1. The summed E-state index contributed by atoms with van der Waals surface area (Å²) in [7, 11) is 0. The van der Waals surface area contributed by atoms with Crippen LogP contribution < -0.4 is 5.56 Å². The van der Waals surface area contributed by atoms with E-state index >= 15 is 0 Å². The van der Waals surface area contributed by atoms with Crippen molar-refractivity contribution in [3.05, 3.63) is 58.1 Å². The van der Waals surface area contributed by atoms with Crippen LogP contribution in [-0.2, 0) is 9.53 Å². The summed E-state index contributed by atoms with van der Waals surface area (Å²) in [5.41, 5.74) is 0.998. The number of aromatic nitrogens is 1. The lowest BCUT2D eigenvalue weighted by molar-refractivity contribution is -0.137. The normalized spacial score (nSPS) is 16.8. The minimum Gasteiger partial charge on any atom is -0.383 e. The Labute approximate surface area is 146 Å². The van der Waals surface area contributed by atoms with Gasteiger partial charge in [0.25, 0.3) is 5.56 Å². The van der Waals surface area contributed by atoms with Gasteiger partial charge in [-0.2, -0.15) is 5.16 Å². The number of benzene rings is 1. The molecule has 0 aliphatic carbocycles. The molecule has 1 fully saturated rings. The summed E-state index contributed by atoms with van der Waals surface area (Å²) in [6.07, 6.45) is 1.60. The van der Waals surface area contributed by atoms with Crippen LogP contribution in [0.2, 0.25) is 0 Å². The second kappa shape index (κ2) is 8.16. The first-order valence-electron chi connectivity index (χ1n) is 8.72. The Morgan fingerprint density at radius 1 is 1.32 bits per heavy atom. The zero-order valence-corrected chi connectivity index (χ0v) is 14.4. The number of carbonyl (C=O) groups is 1. The molecule has 1 saturated heterocycles. The van der Waals surface area contributed by atoms with E-state index in [-0.39, 0.29) is 29.9 Å². The van der Waals surface area contributed by atoms with Crippen LogP contribution in [0.4, 0.5) is 0 Å². The quantitative estimate of drug-likeness (QED) is 0.873. The van der Waals surface area contributed by atoms with Crippen LogP contribution in [0.15, 0.2) is 45.7 Å². The summed E-state index contributed by atoms with van der Waals surface area (Å²) >= 11 is 0. The van der Waals surface area contributed by atoms with Crippen LogP contribution in [0, 0.1) is 0 Å². The third kappa shape index (κ3) is 4.60. The number of amides is 1. The molecule has 1 aliphatic heterocycles. The van der Waals surface area contributed by atoms with Gasteiger partial charge in [-0.25, -0.2) is 0 Å². The molecule has 1 amide bonds. The minimum atomic E-state index is -0.213. The molecule has 0 bridgehead atoms. The van der Waals surface area contributed by atoms with Crippen molar-refractivity contribution in [3.8, 4) is 0 Å². The Kier molecular flexibility index (Phi) is 5.71. The van der Waals surface area contributed by atoms with Crippen molar-refractivity contribution in [1.29, 1.82) is 0 Å². The Morgan fingerprint density at radius 2 is 2.04 bits per heavy atom. The van der Waals surface area contributed by atoms with E-state index in [1.807, 2.05) is 23.1 Å². The number of likely N-dealkylation sites (tertiary alicyclic amines) is 1. The SMILES string of the molecule is CC(COCC(=O)N1CCC(c2cc(=O)[nH]o2)CC1)c1ccccc1. The summed E-state index contributed by atoms with van der Waals surface area (Å²) in [6.45, 7) is 4.06. The van der Waals surface area contributed by atoms with Gasteiger partial charge in [0.2, 0.25) is 5.91 Å². The Hall–Kier alpha value is -2.34. The highest BCUT2D eigenvalue weighted by atomic mass is 16.5. The zero-order chi connectivity index (χ0) is 17.6. The smallest absolute Gasteiger partial charge is 0.280 e. The van der Waals surface area contributed by atoms with Crippen molar-refractivity contribution < 1.29 is 14.1 Å². The summed E-state index contributed by atoms with van der Waals surface area (Å²) in [6, 6.07) is 11.6. The van der Waals surface area contributed by atoms with Crippen LogP contribution in [0.25, 0.3) is 0 Å². The van der Waals surface area contributed by atoms with Gasteiger partial charge in [-0.1, -0.05) is 37.3 Å². The van der Waals surface area contributed by atoms with Gasteiger partial charge in [0, 0.05) is 31.0 Å². The van der Waals surface area contributed by atoms with E-state index < -0.39 is 0 Å². The summed E-state index contributed by atoms with van der Waals surface area (Å²) in [4.78, 5) is 25.3. The van der Waals surface area contributed by atoms with Gasteiger partial charge >= 0.3 is 0 Å². The van der Waals surface area contributed by atoms with Crippen LogP contribution in [-0.4, -0.2) is 42.3 Å². The molecule has 6 heteroatoms. The molecule has 25 heavy (non-hydrogen) atoms. The van der Waals surface area contributed by atoms with Gasteiger partial charge in [0.15, 0.2) is 0 Å². The van der Waals surface area contributed by atoms with Crippen molar-refractivity contribution in [3.63, 3.8) is 0 Å². The molecular weight excluding hydrogens is 320 g/mol. The second-order valence-electron chi connectivity index (χ2n) is 6.60. The van der Waals surface area contributed by atoms with Gasteiger partial charge in [-0.15, -0.1) is 0 Å². The number of rotatable bonds is 6.